The van der Waals surface area contributed by atoms with Crippen molar-refractivity contribution in [2.45, 2.75) is 38.2 Å². The zero-order chi connectivity index (χ0) is 24.3. The van der Waals surface area contributed by atoms with Gasteiger partial charge in [-0.1, -0.05) is 75.6 Å². The molecular weight excluding hydrogens is 623 g/mol. The van der Waals surface area contributed by atoms with E-state index in [1.807, 2.05) is 29.1 Å². The van der Waals surface area contributed by atoms with Crippen LogP contribution in [-0.4, -0.2) is 30.5 Å². The molecule has 6 heteroatoms. The van der Waals surface area contributed by atoms with E-state index in [1.54, 1.807) is 0 Å². The smallest absolute Gasteiger partial charge is 0.134 e. The highest BCUT2D eigenvalue weighted by Crippen LogP contribution is 2.43. The Morgan fingerprint density at radius 3 is 2.62 bits per heavy atom. The molecule has 0 saturated carbocycles. The Labute approximate surface area is 230 Å². The first-order valence-corrected chi connectivity index (χ1v) is 13.5. The molecule has 0 N–H and O–H groups in total. The van der Waals surface area contributed by atoms with E-state index in [1.165, 1.54) is 11.1 Å². The van der Waals surface area contributed by atoms with Crippen LogP contribution in [0.2, 0.25) is 5.15 Å². The molecule has 4 rings (SSSR count). The minimum atomic E-state index is -0.669. The first-order chi connectivity index (χ1) is 16.3. The van der Waals surface area contributed by atoms with Gasteiger partial charge < -0.3 is 4.90 Å². The van der Waals surface area contributed by atoms with Gasteiger partial charge in [0.05, 0.1) is 5.52 Å². The lowest BCUT2D eigenvalue weighted by molar-refractivity contribution is 0.149. The molecule has 1 aromatic heterocycles. The molecule has 1 atom stereocenters. The summed E-state index contributed by atoms with van der Waals surface area (Å²) >= 11 is 12.6. The largest absolute Gasteiger partial charge is 0.309 e. The average molecular weight is 652 g/mol. The van der Waals surface area contributed by atoms with Crippen molar-refractivity contribution in [2.24, 2.45) is 0 Å². The van der Waals surface area contributed by atoms with E-state index in [0.29, 0.717) is 5.15 Å². The molecular formula is C28H29BrClIN2O. The maximum absolute atomic E-state index is 6.82. The van der Waals surface area contributed by atoms with Crippen LogP contribution in [0.3, 0.4) is 0 Å². The van der Waals surface area contributed by atoms with E-state index in [9.17, 15) is 0 Å². The summed E-state index contributed by atoms with van der Waals surface area (Å²) in [6.45, 7) is 3.05. The SMILES string of the molecule is CC1=CC(Cc2cc3cc(Br)cc(C(CCN(C)C)(OI)c4ccccc4)c3nc2Cl)=CCC1. The number of pyridine rings is 1. The topological polar surface area (TPSA) is 25.4 Å². The molecule has 1 heterocycles. The number of nitrogens with zero attached hydrogens (tertiary/aromatic N) is 2. The predicted octanol–water partition coefficient (Wildman–Crippen LogP) is 8.42. The van der Waals surface area contributed by atoms with Crippen molar-refractivity contribution in [1.29, 1.82) is 0 Å². The summed E-state index contributed by atoms with van der Waals surface area (Å²) in [5.41, 5.74) is 6.09. The van der Waals surface area contributed by atoms with Gasteiger partial charge >= 0.3 is 0 Å². The minimum Gasteiger partial charge on any atom is -0.309 e. The minimum absolute atomic E-state index is 0.552. The third kappa shape index (κ3) is 5.59. The molecule has 0 radical (unpaired) electrons. The van der Waals surface area contributed by atoms with E-state index in [4.69, 9.17) is 19.7 Å². The van der Waals surface area contributed by atoms with E-state index in [2.05, 4.69) is 96.5 Å². The second kappa shape index (κ2) is 11.2. The summed E-state index contributed by atoms with van der Waals surface area (Å²) in [5.74, 6) is 0. The Balaban J connectivity index is 1.88. The van der Waals surface area contributed by atoms with Gasteiger partial charge in [-0.3, -0.25) is 3.07 Å². The van der Waals surface area contributed by atoms with Gasteiger partial charge in [0.2, 0.25) is 0 Å². The van der Waals surface area contributed by atoms with Crippen LogP contribution in [-0.2, 0) is 15.1 Å². The highest BCUT2D eigenvalue weighted by Gasteiger charge is 2.37. The number of rotatable bonds is 8. The van der Waals surface area contributed by atoms with Crippen LogP contribution in [0, 0.1) is 0 Å². The van der Waals surface area contributed by atoms with Crippen molar-refractivity contribution in [3.8, 4) is 0 Å². The molecule has 0 bridgehead atoms. The normalized spacial score (nSPS) is 15.9. The molecule has 3 nitrogen and oxygen atoms in total. The fourth-order valence-corrected chi connectivity index (χ4v) is 6.02. The highest BCUT2D eigenvalue weighted by molar-refractivity contribution is 14.1. The van der Waals surface area contributed by atoms with Gasteiger partial charge in [0.25, 0.3) is 0 Å². The lowest BCUT2D eigenvalue weighted by Crippen LogP contribution is -2.33. The van der Waals surface area contributed by atoms with Gasteiger partial charge in [-0.25, -0.2) is 4.98 Å². The number of halogens is 3. The second-order valence-corrected chi connectivity index (χ2v) is 11.0. The summed E-state index contributed by atoms with van der Waals surface area (Å²) in [6, 6.07) is 16.8. The standard InChI is InChI=1S/C28H29BrClIN2O/c1-19-8-7-9-20(14-19)15-22-16-21-17-24(29)18-25(26(21)32-27(22)30)28(34-31,12-13-33(2)3)23-10-5-4-6-11-23/h4-6,9-11,14,16-18H,7-8,12-13,15H2,1-3H3. The van der Waals surface area contributed by atoms with Gasteiger partial charge in [-0.05, 0) is 75.2 Å². The van der Waals surface area contributed by atoms with E-state index < -0.39 is 5.60 Å². The van der Waals surface area contributed by atoms with Gasteiger partial charge in [-0.2, -0.15) is 0 Å². The van der Waals surface area contributed by atoms with Crippen molar-refractivity contribution in [2.75, 3.05) is 20.6 Å². The molecule has 3 aromatic rings. The summed E-state index contributed by atoms with van der Waals surface area (Å²) in [4.78, 5) is 7.15. The number of aromatic nitrogens is 1. The predicted molar refractivity (Wildman–Crippen MR) is 155 cm³/mol. The van der Waals surface area contributed by atoms with Gasteiger partial charge in [0.1, 0.15) is 33.8 Å². The monoisotopic (exact) mass is 650 g/mol. The molecule has 0 aliphatic heterocycles. The van der Waals surface area contributed by atoms with Crippen molar-refractivity contribution in [1.82, 2.24) is 9.88 Å². The highest BCUT2D eigenvalue weighted by atomic mass is 127. The molecule has 1 aliphatic rings. The van der Waals surface area contributed by atoms with Crippen molar-refractivity contribution in [3.63, 3.8) is 0 Å². The number of benzene rings is 2. The maximum atomic E-state index is 6.82. The molecule has 0 amide bonds. The average Bonchev–Trinajstić information content (AvgIpc) is 2.81. The molecule has 2 aromatic carbocycles. The van der Waals surface area contributed by atoms with Crippen LogP contribution >= 0.6 is 50.5 Å². The number of hydrogen-bond donors (Lipinski definition) is 0. The third-order valence-electron chi connectivity index (χ3n) is 6.40. The lowest BCUT2D eigenvalue weighted by Gasteiger charge is -2.34. The Hall–Kier alpha value is -1.25. The summed E-state index contributed by atoms with van der Waals surface area (Å²) in [7, 11) is 4.17. The lowest BCUT2D eigenvalue weighted by atomic mass is 9.82. The molecule has 34 heavy (non-hydrogen) atoms. The van der Waals surface area contributed by atoms with Crippen LogP contribution in [0.1, 0.15) is 42.9 Å². The van der Waals surface area contributed by atoms with Crippen molar-refractivity contribution < 1.29 is 3.07 Å². The molecule has 0 saturated heterocycles. The third-order valence-corrected chi connectivity index (χ3v) is 7.94. The molecule has 1 unspecified atom stereocenters. The quantitative estimate of drug-likeness (QED) is 0.181. The number of allylic oxidation sites excluding steroid dienone is 4. The Morgan fingerprint density at radius 2 is 1.94 bits per heavy atom. The fourth-order valence-electron chi connectivity index (χ4n) is 4.63. The molecule has 1 aliphatic carbocycles. The van der Waals surface area contributed by atoms with E-state index in [-0.39, 0.29) is 0 Å². The summed E-state index contributed by atoms with van der Waals surface area (Å²) in [5, 5.41) is 1.61. The Bertz CT molecular complexity index is 1240. The number of hydrogen-bond acceptors (Lipinski definition) is 3. The molecule has 0 spiro atoms. The van der Waals surface area contributed by atoms with Crippen LogP contribution in [0.4, 0.5) is 0 Å². The maximum Gasteiger partial charge on any atom is 0.134 e. The molecule has 0 fully saturated rings. The zero-order valence-corrected chi connectivity index (χ0v) is 24.2. The second-order valence-electron chi connectivity index (χ2n) is 9.27. The van der Waals surface area contributed by atoms with Crippen LogP contribution < -0.4 is 0 Å². The fraction of sp³-hybridized carbons (Fsp3) is 0.321. The zero-order valence-electron chi connectivity index (χ0n) is 19.7. The summed E-state index contributed by atoms with van der Waals surface area (Å²) < 4.78 is 7.35. The van der Waals surface area contributed by atoms with Gasteiger partial charge in [0, 0.05) is 28.4 Å². The first-order valence-electron chi connectivity index (χ1n) is 11.5. The van der Waals surface area contributed by atoms with Crippen LogP contribution in [0.5, 0.6) is 0 Å². The van der Waals surface area contributed by atoms with Gasteiger partial charge in [-0.15, -0.1) is 0 Å². The Kier molecular flexibility index (Phi) is 8.52. The van der Waals surface area contributed by atoms with Gasteiger partial charge in [0.15, 0.2) is 0 Å². The Morgan fingerprint density at radius 1 is 1.18 bits per heavy atom. The van der Waals surface area contributed by atoms with E-state index in [0.717, 1.165) is 64.3 Å². The van der Waals surface area contributed by atoms with Crippen LogP contribution in [0.15, 0.2) is 76.3 Å². The first kappa shape index (κ1) is 25.8. The van der Waals surface area contributed by atoms with Crippen LogP contribution in [0.25, 0.3) is 10.9 Å². The van der Waals surface area contributed by atoms with Crippen molar-refractivity contribution in [3.05, 3.63) is 98.1 Å². The number of fused-ring (bicyclic) bond motifs is 1. The van der Waals surface area contributed by atoms with Crippen molar-refractivity contribution >= 4 is 61.4 Å². The summed E-state index contributed by atoms with van der Waals surface area (Å²) in [6.07, 6.45) is 8.37. The van der Waals surface area contributed by atoms with E-state index >= 15 is 0 Å². The molecule has 178 valence electrons.